The monoisotopic (exact) mass is 369 g/mol. The topological polar surface area (TPSA) is 52.7 Å². The van der Waals surface area contributed by atoms with Crippen LogP contribution in [0.5, 0.6) is 0 Å². The molecule has 1 aromatic carbocycles. The van der Waals surface area contributed by atoms with Gasteiger partial charge in [-0.05, 0) is 44.0 Å². The summed E-state index contributed by atoms with van der Waals surface area (Å²) >= 11 is 0. The number of nitrogens with one attached hydrogen (secondary N) is 1. The van der Waals surface area contributed by atoms with Crippen LogP contribution in [0.15, 0.2) is 18.2 Å². The van der Waals surface area contributed by atoms with Crippen molar-refractivity contribution in [2.45, 2.75) is 32.2 Å². The summed E-state index contributed by atoms with van der Waals surface area (Å²) < 4.78 is 13.6. The third kappa shape index (κ3) is 4.50. The van der Waals surface area contributed by atoms with Crippen molar-refractivity contribution in [2.75, 3.05) is 32.7 Å². The van der Waals surface area contributed by atoms with Crippen LogP contribution < -0.4 is 5.32 Å². The Kier molecular flexibility index (Phi) is 6.79. The van der Waals surface area contributed by atoms with Crippen molar-refractivity contribution >= 4 is 24.2 Å². The summed E-state index contributed by atoms with van der Waals surface area (Å²) in [6.07, 6.45) is 3.10. The molecule has 1 unspecified atom stereocenters. The first-order valence-electron chi connectivity index (χ1n) is 8.64. The molecule has 0 radical (unpaired) electrons. The molecule has 7 heteroatoms. The second-order valence-electron chi connectivity index (χ2n) is 6.58. The number of carbonyl (C=O) groups is 2. The molecule has 2 fully saturated rings. The SMILES string of the molecule is Cc1ccc(C(=O)N2CCN(C(=O)C3CCCCN3)CC2)cc1F.Cl. The lowest BCUT2D eigenvalue weighted by Crippen LogP contribution is -2.55. The van der Waals surface area contributed by atoms with E-state index in [0.717, 1.165) is 25.8 Å². The number of halogens is 2. The second-order valence-corrected chi connectivity index (χ2v) is 6.58. The predicted molar refractivity (Wildman–Crippen MR) is 96.5 cm³/mol. The molecule has 0 aliphatic carbocycles. The smallest absolute Gasteiger partial charge is 0.254 e. The maximum atomic E-state index is 13.6. The maximum Gasteiger partial charge on any atom is 0.254 e. The number of nitrogens with zero attached hydrogens (tertiary/aromatic N) is 2. The fourth-order valence-electron chi connectivity index (χ4n) is 3.32. The van der Waals surface area contributed by atoms with Gasteiger partial charge in [-0.1, -0.05) is 12.5 Å². The van der Waals surface area contributed by atoms with E-state index >= 15 is 0 Å². The number of aryl methyl sites for hydroxylation is 1. The highest BCUT2D eigenvalue weighted by Gasteiger charge is 2.29. The molecule has 0 aromatic heterocycles. The van der Waals surface area contributed by atoms with Gasteiger partial charge >= 0.3 is 0 Å². The fraction of sp³-hybridized carbons (Fsp3) is 0.556. The minimum absolute atomic E-state index is 0. The minimum atomic E-state index is -0.363. The zero-order valence-corrected chi connectivity index (χ0v) is 15.3. The molecule has 5 nitrogen and oxygen atoms in total. The second kappa shape index (κ2) is 8.63. The molecule has 3 rings (SSSR count). The van der Waals surface area contributed by atoms with Gasteiger partial charge in [0.15, 0.2) is 0 Å². The number of piperidine rings is 1. The summed E-state index contributed by atoms with van der Waals surface area (Å²) in [6.45, 7) is 4.63. The van der Waals surface area contributed by atoms with Crippen LogP contribution in [-0.4, -0.2) is 60.4 Å². The molecule has 2 aliphatic heterocycles. The van der Waals surface area contributed by atoms with Gasteiger partial charge in [-0.2, -0.15) is 0 Å². The molecule has 1 N–H and O–H groups in total. The first-order valence-corrected chi connectivity index (χ1v) is 8.64. The van der Waals surface area contributed by atoms with Crippen LogP contribution in [0.1, 0.15) is 35.2 Å². The van der Waals surface area contributed by atoms with E-state index in [9.17, 15) is 14.0 Å². The van der Waals surface area contributed by atoms with E-state index in [-0.39, 0.29) is 36.1 Å². The summed E-state index contributed by atoms with van der Waals surface area (Å²) in [4.78, 5) is 28.5. The Morgan fingerprint density at radius 2 is 1.80 bits per heavy atom. The van der Waals surface area contributed by atoms with Crippen LogP contribution >= 0.6 is 12.4 Å². The van der Waals surface area contributed by atoms with E-state index in [2.05, 4.69) is 5.32 Å². The van der Waals surface area contributed by atoms with Gasteiger partial charge in [0.2, 0.25) is 5.91 Å². The number of piperazine rings is 1. The average Bonchev–Trinajstić information content (AvgIpc) is 2.63. The number of hydrogen-bond acceptors (Lipinski definition) is 3. The van der Waals surface area contributed by atoms with Crippen molar-refractivity contribution in [1.29, 1.82) is 0 Å². The fourth-order valence-corrected chi connectivity index (χ4v) is 3.32. The zero-order chi connectivity index (χ0) is 17.1. The quantitative estimate of drug-likeness (QED) is 0.867. The van der Waals surface area contributed by atoms with Crippen LogP contribution in [0.4, 0.5) is 4.39 Å². The lowest BCUT2D eigenvalue weighted by molar-refractivity contribution is -0.135. The molecule has 0 spiro atoms. The third-order valence-electron chi connectivity index (χ3n) is 4.91. The highest BCUT2D eigenvalue weighted by molar-refractivity contribution is 5.94. The Morgan fingerprint density at radius 3 is 2.40 bits per heavy atom. The molecular formula is C18H25ClFN3O2. The Balaban J connectivity index is 0.00000225. The summed E-state index contributed by atoms with van der Waals surface area (Å²) in [6, 6.07) is 4.50. The number of rotatable bonds is 2. The summed E-state index contributed by atoms with van der Waals surface area (Å²) in [5.41, 5.74) is 0.897. The number of hydrogen-bond donors (Lipinski definition) is 1. The van der Waals surface area contributed by atoms with Crippen molar-refractivity contribution in [3.8, 4) is 0 Å². The molecule has 2 aliphatic rings. The Bertz CT molecular complexity index is 627. The van der Waals surface area contributed by atoms with Gasteiger partial charge in [0.05, 0.1) is 6.04 Å². The molecule has 138 valence electrons. The van der Waals surface area contributed by atoms with Crippen LogP contribution in [0.3, 0.4) is 0 Å². The van der Waals surface area contributed by atoms with Crippen LogP contribution in [-0.2, 0) is 4.79 Å². The molecular weight excluding hydrogens is 345 g/mol. The highest BCUT2D eigenvalue weighted by Crippen LogP contribution is 2.15. The molecule has 2 saturated heterocycles. The van der Waals surface area contributed by atoms with E-state index in [1.165, 1.54) is 6.07 Å². The van der Waals surface area contributed by atoms with Crippen molar-refractivity contribution in [3.63, 3.8) is 0 Å². The van der Waals surface area contributed by atoms with Crippen molar-refractivity contribution < 1.29 is 14.0 Å². The van der Waals surface area contributed by atoms with Gasteiger partial charge in [-0.25, -0.2) is 4.39 Å². The number of amides is 2. The first-order chi connectivity index (χ1) is 11.6. The van der Waals surface area contributed by atoms with E-state index < -0.39 is 0 Å². The van der Waals surface area contributed by atoms with Gasteiger partial charge in [0.1, 0.15) is 5.82 Å². The van der Waals surface area contributed by atoms with Gasteiger partial charge in [0, 0.05) is 31.7 Å². The molecule has 0 bridgehead atoms. The summed E-state index contributed by atoms with van der Waals surface area (Å²) in [5, 5.41) is 3.27. The third-order valence-corrected chi connectivity index (χ3v) is 4.91. The Hall–Kier alpha value is -1.66. The highest BCUT2D eigenvalue weighted by atomic mass is 35.5. The summed E-state index contributed by atoms with van der Waals surface area (Å²) in [5.74, 6) is -0.391. The lowest BCUT2D eigenvalue weighted by atomic mass is 10.0. The Morgan fingerprint density at radius 1 is 1.12 bits per heavy atom. The van der Waals surface area contributed by atoms with E-state index in [1.54, 1.807) is 24.0 Å². The van der Waals surface area contributed by atoms with Crippen LogP contribution in [0, 0.1) is 12.7 Å². The number of carbonyl (C=O) groups excluding carboxylic acids is 2. The van der Waals surface area contributed by atoms with Crippen LogP contribution in [0.25, 0.3) is 0 Å². The molecule has 1 aromatic rings. The number of benzene rings is 1. The average molecular weight is 370 g/mol. The zero-order valence-electron chi connectivity index (χ0n) is 14.5. The molecule has 25 heavy (non-hydrogen) atoms. The largest absolute Gasteiger partial charge is 0.338 e. The van der Waals surface area contributed by atoms with Gasteiger partial charge < -0.3 is 15.1 Å². The predicted octanol–water partition coefficient (Wildman–Crippen LogP) is 1.98. The van der Waals surface area contributed by atoms with Crippen molar-refractivity contribution in [3.05, 3.63) is 35.1 Å². The Labute approximate surface area is 154 Å². The first kappa shape index (κ1) is 19.7. The van der Waals surface area contributed by atoms with E-state index in [1.807, 2.05) is 4.90 Å². The molecule has 2 amide bonds. The summed E-state index contributed by atoms with van der Waals surface area (Å²) in [7, 11) is 0. The van der Waals surface area contributed by atoms with Gasteiger partial charge in [-0.3, -0.25) is 9.59 Å². The minimum Gasteiger partial charge on any atom is -0.338 e. The molecule has 2 heterocycles. The van der Waals surface area contributed by atoms with E-state index in [0.29, 0.717) is 37.3 Å². The molecule has 0 saturated carbocycles. The normalized spacial score (nSPS) is 20.8. The lowest BCUT2D eigenvalue weighted by Gasteiger charge is -2.37. The van der Waals surface area contributed by atoms with Crippen molar-refractivity contribution in [2.24, 2.45) is 0 Å². The van der Waals surface area contributed by atoms with Crippen molar-refractivity contribution in [1.82, 2.24) is 15.1 Å². The molecule has 1 atom stereocenters. The maximum absolute atomic E-state index is 13.6. The van der Waals surface area contributed by atoms with Gasteiger partial charge in [0.25, 0.3) is 5.91 Å². The standard InChI is InChI=1S/C18H24FN3O2.ClH/c1-13-5-6-14(12-15(13)19)17(23)21-8-10-22(11-9-21)18(24)16-4-2-3-7-20-16;/h5-6,12,16,20H,2-4,7-11H2,1H3;1H. The van der Waals surface area contributed by atoms with Crippen LogP contribution in [0.2, 0.25) is 0 Å². The van der Waals surface area contributed by atoms with E-state index in [4.69, 9.17) is 0 Å². The van der Waals surface area contributed by atoms with Gasteiger partial charge in [-0.15, -0.1) is 12.4 Å².